The molecule has 1 aliphatic rings. The summed E-state index contributed by atoms with van der Waals surface area (Å²) >= 11 is 1.57. The molecule has 0 unspecified atom stereocenters. The van der Waals surface area contributed by atoms with Crippen molar-refractivity contribution in [1.29, 1.82) is 0 Å². The molecule has 2 heterocycles. The fourth-order valence-corrected chi connectivity index (χ4v) is 6.10. The summed E-state index contributed by atoms with van der Waals surface area (Å²) in [6.07, 6.45) is 2.10. The molecule has 0 radical (unpaired) electrons. The number of carbonyl (C=O) groups excluding carboxylic acids is 4. The molecule has 3 atom stereocenters. The molecule has 1 aromatic heterocycles. The molecule has 3 N–H and O–H groups in total. The molecule has 1 saturated heterocycles. The Hall–Kier alpha value is -3.77. The number of nitrogens with one attached hydrogen (secondary N) is 2. The highest BCUT2D eigenvalue weighted by Gasteiger charge is 2.44. The Labute approximate surface area is 315 Å². The van der Waals surface area contributed by atoms with Crippen molar-refractivity contribution in [2.45, 2.75) is 58.8 Å². The van der Waals surface area contributed by atoms with Crippen molar-refractivity contribution in [1.82, 2.24) is 20.5 Å². The van der Waals surface area contributed by atoms with Crippen LogP contribution in [0.25, 0.3) is 10.4 Å². The number of methoxy groups -OCH3 is 1. The average Bonchev–Trinajstić information content (AvgIpc) is 3.75. The van der Waals surface area contributed by atoms with Gasteiger partial charge in [-0.25, -0.2) is 9.78 Å². The minimum absolute atomic E-state index is 0.0132. The van der Waals surface area contributed by atoms with E-state index in [0.29, 0.717) is 39.6 Å². The first-order valence-corrected chi connectivity index (χ1v) is 18.5. The van der Waals surface area contributed by atoms with Gasteiger partial charge in [-0.15, -0.1) is 11.3 Å². The Morgan fingerprint density at radius 3 is 2.13 bits per heavy atom. The largest absolute Gasteiger partial charge is 0.466 e. The molecule has 294 valence electrons. The molecule has 1 aliphatic heterocycles. The lowest BCUT2D eigenvalue weighted by Crippen LogP contribution is -2.58. The number of rotatable bonds is 23. The van der Waals surface area contributed by atoms with E-state index in [0.717, 1.165) is 21.7 Å². The molecule has 16 heteroatoms. The van der Waals surface area contributed by atoms with Crippen molar-refractivity contribution in [3.05, 3.63) is 53.2 Å². The third-order valence-corrected chi connectivity index (χ3v) is 9.08. The standard InChI is InChI=1S/C37H54N4O11S/c1-26-33(53-25-39-26)28-10-8-27(9-11-28)22-38-35(45)30-21-29(42)23-41(30)36(46)34(37(2,3)4)40-31(43)24-52-20-19-51-18-17-50-16-15-49-14-13-48-12-6-7-32(44)47-5/h6-11,25,29-30,34,42H,12-24H2,1-5H3,(H,38,45)(H,40,43)/b7-6+/t29-,30+,34-/m1/s1. The molecule has 0 bridgehead atoms. The number of aliphatic hydroxyl groups excluding tert-OH is 1. The molecular weight excluding hydrogens is 708 g/mol. The highest BCUT2D eigenvalue weighted by Crippen LogP contribution is 2.28. The number of likely N-dealkylation sites (tertiary alicyclic amines) is 1. The van der Waals surface area contributed by atoms with E-state index in [9.17, 15) is 24.3 Å². The van der Waals surface area contributed by atoms with Crippen LogP contribution in [-0.4, -0.2) is 137 Å². The quantitative estimate of drug-likeness (QED) is 0.0853. The van der Waals surface area contributed by atoms with Crippen molar-refractivity contribution in [3.8, 4) is 10.4 Å². The topological polar surface area (TPSA) is 184 Å². The van der Waals surface area contributed by atoms with Gasteiger partial charge in [0.05, 0.1) is 88.8 Å². The van der Waals surface area contributed by atoms with Crippen LogP contribution in [0.4, 0.5) is 0 Å². The highest BCUT2D eigenvalue weighted by molar-refractivity contribution is 7.13. The number of ether oxygens (including phenoxy) is 6. The van der Waals surface area contributed by atoms with Gasteiger partial charge in [-0.3, -0.25) is 14.4 Å². The number of thiazole rings is 1. The molecular formula is C37H54N4O11S. The Bertz CT molecular complexity index is 1460. The number of esters is 1. The van der Waals surface area contributed by atoms with Gasteiger partial charge < -0.3 is 49.1 Å². The van der Waals surface area contributed by atoms with Crippen LogP contribution in [0.1, 0.15) is 38.4 Å². The maximum absolute atomic E-state index is 13.8. The fourth-order valence-electron chi connectivity index (χ4n) is 5.29. The van der Waals surface area contributed by atoms with Gasteiger partial charge in [-0.2, -0.15) is 0 Å². The summed E-state index contributed by atoms with van der Waals surface area (Å²) in [6.45, 7) is 10.3. The summed E-state index contributed by atoms with van der Waals surface area (Å²) < 4.78 is 31.5. The Kier molecular flexibility index (Phi) is 19.0. The van der Waals surface area contributed by atoms with Gasteiger partial charge in [0.15, 0.2) is 0 Å². The second-order valence-corrected chi connectivity index (χ2v) is 14.2. The number of benzene rings is 1. The summed E-state index contributed by atoms with van der Waals surface area (Å²) in [5, 5.41) is 16.1. The summed E-state index contributed by atoms with van der Waals surface area (Å²) in [5.41, 5.74) is 4.02. The smallest absolute Gasteiger partial charge is 0.330 e. The zero-order valence-corrected chi connectivity index (χ0v) is 32.1. The van der Waals surface area contributed by atoms with E-state index in [1.807, 2.05) is 57.5 Å². The van der Waals surface area contributed by atoms with E-state index < -0.39 is 41.4 Å². The van der Waals surface area contributed by atoms with Crippen LogP contribution < -0.4 is 10.6 Å². The van der Waals surface area contributed by atoms with Crippen molar-refractivity contribution >= 4 is 35.0 Å². The molecule has 15 nitrogen and oxygen atoms in total. The van der Waals surface area contributed by atoms with Gasteiger partial charge in [0.1, 0.15) is 18.7 Å². The molecule has 0 saturated carbocycles. The molecule has 53 heavy (non-hydrogen) atoms. The van der Waals surface area contributed by atoms with Crippen molar-refractivity contribution in [2.24, 2.45) is 5.41 Å². The van der Waals surface area contributed by atoms with Gasteiger partial charge in [-0.1, -0.05) is 51.1 Å². The Morgan fingerprint density at radius 1 is 0.962 bits per heavy atom. The van der Waals surface area contributed by atoms with E-state index in [-0.39, 0.29) is 51.8 Å². The Balaban J connectivity index is 1.31. The SMILES string of the molecule is COC(=O)/C=C/COCCOCCOCCOCCOCC(=O)N[C@H](C(=O)N1C[C@H](O)C[C@H]1C(=O)NCc1ccc(-c2scnc2C)cc1)C(C)(C)C. The second-order valence-electron chi connectivity index (χ2n) is 13.3. The zero-order valence-electron chi connectivity index (χ0n) is 31.3. The lowest BCUT2D eigenvalue weighted by Gasteiger charge is -2.35. The van der Waals surface area contributed by atoms with Gasteiger partial charge >= 0.3 is 5.97 Å². The first kappa shape index (κ1) is 43.6. The first-order valence-electron chi connectivity index (χ1n) is 17.6. The third kappa shape index (κ3) is 15.6. The number of aliphatic hydroxyl groups is 1. The van der Waals surface area contributed by atoms with Crippen LogP contribution in [0, 0.1) is 12.3 Å². The van der Waals surface area contributed by atoms with Gasteiger partial charge in [0.2, 0.25) is 17.7 Å². The maximum Gasteiger partial charge on any atom is 0.330 e. The van der Waals surface area contributed by atoms with Crippen LogP contribution in [0.15, 0.2) is 41.9 Å². The number of carbonyl (C=O) groups is 4. The predicted molar refractivity (Wildman–Crippen MR) is 197 cm³/mol. The summed E-state index contributed by atoms with van der Waals surface area (Å²) in [7, 11) is 1.31. The molecule has 3 rings (SSSR count). The number of aromatic nitrogens is 1. The minimum atomic E-state index is -0.956. The van der Waals surface area contributed by atoms with Crippen molar-refractivity contribution < 1.29 is 52.7 Å². The van der Waals surface area contributed by atoms with Crippen molar-refractivity contribution in [2.75, 3.05) is 79.7 Å². The highest BCUT2D eigenvalue weighted by atomic mass is 32.1. The minimum Gasteiger partial charge on any atom is -0.466 e. The van der Waals surface area contributed by atoms with Crippen molar-refractivity contribution in [3.63, 3.8) is 0 Å². The van der Waals surface area contributed by atoms with Crippen LogP contribution >= 0.6 is 11.3 Å². The first-order chi connectivity index (χ1) is 25.4. The van der Waals surface area contributed by atoms with Crippen LogP contribution in [0.2, 0.25) is 0 Å². The van der Waals surface area contributed by atoms with Gasteiger partial charge in [0, 0.05) is 25.6 Å². The van der Waals surface area contributed by atoms with Crippen LogP contribution in [0.5, 0.6) is 0 Å². The van der Waals surface area contributed by atoms with E-state index in [1.165, 1.54) is 18.1 Å². The maximum atomic E-state index is 13.8. The number of hydrogen-bond donors (Lipinski definition) is 3. The lowest BCUT2D eigenvalue weighted by molar-refractivity contribution is -0.144. The molecule has 3 amide bonds. The van der Waals surface area contributed by atoms with E-state index in [4.69, 9.17) is 23.7 Å². The van der Waals surface area contributed by atoms with E-state index >= 15 is 0 Å². The number of nitrogens with zero attached hydrogens (tertiary/aromatic N) is 2. The fraction of sp³-hybridized carbons (Fsp3) is 0.595. The summed E-state index contributed by atoms with van der Waals surface area (Å²) in [4.78, 5) is 57.6. The van der Waals surface area contributed by atoms with Crippen LogP contribution in [-0.2, 0) is 54.1 Å². The number of aryl methyl sites for hydroxylation is 1. The predicted octanol–water partition coefficient (Wildman–Crippen LogP) is 2.04. The molecule has 1 fully saturated rings. The third-order valence-electron chi connectivity index (χ3n) is 8.10. The normalized spacial score (nSPS) is 16.5. The summed E-state index contributed by atoms with van der Waals surface area (Å²) in [6, 6.07) is 6.01. The molecule has 0 spiro atoms. The summed E-state index contributed by atoms with van der Waals surface area (Å²) in [5.74, 6) is -1.73. The Morgan fingerprint density at radius 2 is 1.57 bits per heavy atom. The molecule has 0 aliphatic carbocycles. The zero-order chi connectivity index (χ0) is 38.6. The van der Waals surface area contributed by atoms with Crippen LogP contribution in [0.3, 0.4) is 0 Å². The number of β-amino-alcohol motifs (C(OH)–C–C–N with tert-alkyl or cyclic N) is 1. The number of amides is 3. The second kappa shape index (κ2) is 23.1. The monoisotopic (exact) mass is 762 g/mol. The van der Waals surface area contributed by atoms with Gasteiger partial charge in [-0.05, 0) is 23.5 Å². The number of hydrogen-bond acceptors (Lipinski definition) is 13. The lowest BCUT2D eigenvalue weighted by atomic mass is 9.85. The van der Waals surface area contributed by atoms with E-state index in [2.05, 4.69) is 20.4 Å². The van der Waals surface area contributed by atoms with Gasteiger partial charge in [0.25, 0.3) is 0 Å². The molecule has 2 aromatic rings. The van der Waals surface area contributed by atoms with E-state index in [1.54, 1.807) is 17.4 Å². The molecule has 1 aromatic carbocycles. The average molecular weight is 763 g/mol.